The molecule has 1 aliphatic rings. The first-order valence-electron chi connectivity index (χ1n) is 7.41. The van der Waals surface area contributed by atoms with Crippen molar-refractivity contribution in [1.29, 1.82) is 0 Å². The third kappa shape index (κ3) is 3.27. The van der Waals surface area contributed by atoms with E-state index in [1.54, 1.807) is 4.90 Å². The molecule has 1 unspecified atom stereocenters. The van der Waals surface area contributed by atoms with Crippen molar-refractivity contribution in [3.8, 4) is 0 Å². The zero-order chi connectivity index (χ0) is 14.7. The highest BCUT2D eigenvalue weighted by Crippen LogP contribution is 2.19. The van der Waals surface area contributed by atoms with Gasteiger partial charge in [-0.15, -0.1) is 0 Å². The third-order valence-corrected chi connectivity index (χ3v) is 4.03. The second-order valence-electron chi connectivity index (χ2n) is 6.00. The summed E-state index contributed by atoms with van der Waals surface area (Å²) in [5, 5.41) is 0. The molecule has 0 spiro atoms. The van der Waals surface area contributed by atoms with E-state index >= 15 is 0 Å². The summed E-state index contributed by atoms with van der Waals surface area (Å²) in [7, 11) is 0. The summed E-state index contributed by atoms with van der Waals surface area (Å²) in [5.74, 6) is 0.662. The van der Waals surface area contributed by atoms with Gasteiger partial charge in [-0.1, -0.05) is 45.0 Å². The van der Waals surface area contributed by atoms with E-state index in [0.29, 0.717) is 18.0 Å². The number of piperidine rings is 1. The number of benzene rings is 1. The predicted octanol–water partition coefficient (Wildman–Crippen LogP) is 3.25. The summed E-state index contributed by atoms with van der Waals surface area (Å²) in [6.07, 6.45) is 1.93. The van der Waals surface area contributed by atoms with Gasteiger partial charge in [0.2, 0.25) is 5.91 Å². The van der Waals surface area contributed by atoms with E-state index in [0.717, 1.165) is 12.8 Å². The minimum absolute atomic E-state index is 0.0303. The van der Waals surface area contributed by atoms with Gasteiger partial charge in [0.1, 0.15) is 0 Å². The monoisotopic (exact) mass is 273 g/mol. The lowest BCUT2D eigenvalue weighted by Crippen LogP contribution is -2.43. The Labute approximate surface area is 121 Å². The molecule has 108 valence electrons. The molecule has 0 aliphatic carbocycles. The van der Waals surface area contributed by atoms with Crippen LogP contribution in [-0.2, 0) is 4.79 Å². The maximum absolute atomic E-state index is 12.3. The highest BCUT2D eigenvalue weighted by Gasteiger charge is 2.26. The van der Waals surface area contributed by atoms with Gasteiger partial charge in [-0.2, -0.15) is 0 Å². The van der Waals surface area contributed by atoms with Crippen molar-refractivity contribution in [1.82, 2.24) is 4.90 Å². The van der Waals surface area contributed by atoms with Gasteiger partial charge >= 0.3 is 0 Å². The van der Waals surface area contributed by atoms with Crippen LogP contribution in [-0.4, -0.2) is 29.7 Å². The minimum Gasteiger partial charge on any atom is -0.335 e. The number of rotatable bonds is 4. The average molecular weight is 273 g/mol. The molecule has 0 aromatic heterocycles. The summed E-state index contributed by atoms with van der Waals surface area (Å²) in [4.78, 5) is 26.0. The Hall–Kier alpha value is -1.64. The molecule has 1 aromatic rings. The van der Waals surface area contributed by atoms with Crippen LogP contribution >= 0.6 is 0 Å². The van der Waals surface area contributed by atoms with E-state index in [1.807, 2.05) is 31.2 Å². The fourth-order valence-corrected chi connectivity index (χ4v) is 2.61. The van der Waals surface area contributed by atoms with Gasteiger partial charge in [-0.05, 0) is 24.3 Å². The fraction of sp³-hybridized carbons (Fsp3) is 0.529. The van der Waals surface area contributed by atoms with Gasteiger partial charge in [0.15, 0.2) is 5.78 Å². The van der Waals surface area contributed by atoms with Crippen LogP contribution in [0.15, 0.2) is 24.3 Å². The Balaban J connectivity index is 2.02. The average Bonchev–Trinajstić information content (AvgIpc) is 2.44. The number of hydrogen-bond donors (Lipinski definition) is 0. The first-order valence-corrected chi connectivity index (χ1v) is 7.41. The Morgan fingerprint density at radius 2 is 1.95 bits per heavy atom. The van der Waals surface area contributed by atoms with E-state index in [-0.39, 0.29) is 24.2 Å². The number of nitrogens with zero attached hydrogens (tertiary/aromatic N) is 1. The first kappa shape index (κ1) is 14.8. The molecule has 0 saturated carbocycles. The molecule has 3 heteroatoms. The smallest absolute Gasteiger partial charge is 0.225 e. The zero-order valence-corrected chi connectivity index (χ0v) is 12.6. The van der Waals surface area contributed by atoms with Crippen LogP contribution in [0.2, 0.25) is 0 Å². The van der Waals surface area contributed by atoms with Crippen molar-refractivity contribution in [2.24, 2.45) is 5.92 Å². The largest absolute Gasteiger partial charge is 0.335 e. The number of ketones is 1. The summed E-state index contributed by atoms with van der Waals surface area (Å²) in [5.41, 5.74) is 1.92. The zero-order valence-electron chi connectivity index (χ0n) is 12.6. The molecule has 0 N–H and O–H groups in total. The standard InChI is InChI=1S/C17H23NO2/c1-12(2)14-6-8-15(9-7-14)16(19)11-18-10-4-5-13(3)17(18)20/h6-9,12-13H,4-5,10-11H2,1-3H3. The van der Waals surface area contributed by atoms with Crippen molar-refractivity contribution < 1.29 is 9.59 Å². The second kappa shape index (κ2) is 6.21. The summed E-state index contributed by atoms with van der Waals surface area (Å²) >= 11 is 0. The van der Waals surface area contributed by atoms with Crippen LogP contribution in [0, 0.1) is 5.92 Å². The number of amides is 1. The number of carbonyl (C=O) groups is 2. The molecule has 1 saturated heterocycles. The van der Waals surface area contributed by atoms with Crippen LogP contribution < -0.4 is 0 Å². The van der Waals surface area contributed by atoms with Gasteiger partial charge in [0, 0.05) is 18.0 Å². The molecular weight excluding hydrogens is 250 g/mol. The SMILES string of the molecule is CC1CCCN(CC(=O)c2ccc(C(C)C)cc2)C1=O. The molecule has 1 aliphatic heterocycles. The molecule has 20 heavy (non-hydrogen) atoms. The van der Waals surface area contributed by atoms with E-state index in [2.05, 4.69) is 13.8 Å². The minimum atomic E-state index is 0.0303. The number of hydrogen-bond acceptors (Lipinski definition) is 2. The molecule has 1 aromatic carbocycles. The van der Waals surface area contributed by atoms with Crippen molar-refractivity contribution in [2.45, 2.75) is 39.5 Å². The number of likely N-dealkylation sites (tertiary alicyclic amines) is 1. The van der Waals surface area contributed by atoms with Crippen LogP contribution in [0.1, 0.15) is 55.5 Å². The normalized spacial score (nSPS) is 19.5. The molecule has 2 rings (SSSR count). The highest BCUT2D eigenvalue weighted by atomic mass is 16.2. The van der Waals surface area contributed by atoms with E-state index < -0.39 is 0 Å². The molecule has 0 radical (unpaired) electrons. The number of Topliss-reactive ketones (excluding diaryl/α,β-unsaturated/α-hetero) is 1. The molecule has 1 heterocycles. The second-order valence-corrected chi connectivity index (χ2v) is 6.00. The van der Waals surface area contributed by atoms with Gasteiger partial charge < -0.3 is 4.90 Å². The lowest BCUT2D eigenvalue weighted by atomic mass is 9.97. The van der Waals surface area contributed by atoms with Crippen molar-refractivity contribution in [3.05, 3.63) is 35.4 Å². The van der Waals surface area contributed by atoms with Gasteiger partial charge in [-0.25, -0.2) is 0 Å². The van der Waals surface area contributed by atoms with Gasteiger partial charge in [0.05, 0.1) is 6.54 Å². The van der Waals surface area contributed by atoms with Crippen LogP contribution in [0.3, 0.4) is 0 Å². The van der Waals surface area contributed by atoms with Gasteiger partial charge in [-0.3, -0.25) is 9.59 Å². The van der Waals surface area contributed by atoms with Crippen LogP contribution in [0.4, 0.5) is 0 Å². The molecular formula is C17H23NO2. The molecule has 3 nitrogen and oxygen atoms in total. The van der Waals surface area contributed by atoms with E-state index in [9.17, 15) is 9.59 Å². The maximum atomic E-state index is 12.3. The first-order chi connectivity index (χ1) is 9.49. The van der Waals surface area contributed by atoms with Crippen molar-refractivity contribution in [2.75, 3.05) is 13.1 Å². The fourth-order valence-electron chi connectivity index (χ4n) is 2.61. The lowest BCUT2D eigenvalue weighted by Gasteiger charge is -2.30. The quantitative estimate of drug-likeness (QED) is 0.790. The molecule has 1 atom stereocenters. The molecule has 1 amide bonds. The Morgan fingerprint density at radius 3 is 2.55 bits per heavy atom. The molecule has 0 bridgehead atoms. The lowest BCUT2D eigenvalue weighted by molar-refractivity contribution is -0.137. The third-order valence-electron chi connectivity index (χ3n) is 4.03. The van der Waals surface area contributed by atoms with Crippen molar-refractivity contribution in [3.63, 3.8) is 0 Å². The Morgan fingerprint density at radius 1 is 1.30 bits per heavy atom. The Bertz CT molecular complexity index is 490. The summed E-state index contributed by atoms with van der Waals surface area (Å²) in [6, 6.07) is 7.74. The van der Waals surface area contributed by atoms with Crippen LogP contribution in [0.25, 0.3) is 0 Å². The van der Waals surface area contributed by atoms with Crippen molar-refractivity contribution >= 4 is 11.7 Å². The number of carbonyl (C=O) groups excluding carboxylic acids is 2. The van der Waals surface area contributed by atoms with E-state index in [1.165, 1.54) is 5.56 Å². The highest BCUT2D eigenvalue weighted by molar-refractivity contribution is 5.99. The summed E-state index contributed by atoms with van der Waals surface area (Å²) < 4.78 is 0. The maximum Gasteiger partial charge on any atom is 0.225 e. The van der Waals surface area contributed by atoms with Gasteiger partial charge in [0.25, 0.3) is 0 Å². The molecule has 1 fully saturated rings. The summed E-state index contributed by atoms with van der Waals surface area (Å²) in [6.45, 7) is 7.12. The van der Waals surface area contributed by atoms with E-state index in [4.69, 9.17) is 0 Å². The van der Waals surface area contributed by atoms with Crippen LogP contribution in [0.5, 0.6) is 0 Å². The predicted molar refractivity (Wildman–Crippen MR) is 79.8 cm³/mol. The topological polar surface area (TPSA) is 37.4 Å². The Kier molecular flexibility index (Phi) is 4.58.